The van der Waals surface area contributed by atoms with Crippen LogP contribution >= 0.6 is 23.2 Å². The van der Waals surface area contributed by atoms with Gasteiger partial charge in [0.2, 0.25) is 5.78 Å². The van der Waals surface area contributed by atoms with Crippen LogP contribution in [0.4, 0.5) is 0 Å². The van der Waals surface area contributed by atoms with Gasteiger partial charge >= 0.3 is 5.97 Å². The zero-order valence-electron chi connectivity index (χ0n) is 15.1. The van der Waals surface area contributed by atoms with Crippen molar-refractivity contribution in [2.45, 2.75) is 26.8 Å². The van der Waals surface area contributed by atoms with Crippen LogP contribution in [0.1, 0.15) is 45.1 Å². The maximum absolute atomic E-state index is 12.5. The third-order valence-corrected chi connectivity index (χ3v) is 4.68. The number of Topliss-reactive ketones (excluding diaryl/α,β-unsaturated/α-hetero) is 1. The standard InChI is InChI=1S/C19H21Cl2NO4/c1-11-7-15(13(3)22(11)12(2)9-25-4)18(23)10-26-19(24)16-8-14(20)5-6-17(16)21/h5-8,12H,9-10H2,1-4H3. The van der Waals surface area contributed by atoms with Gasteiger partial charge in [-0.25, -0.2) is 4.79 Å². The normalized spacial score (nSPS) is 12.1. The molecular formula is C19H21Cl2NO4. The molecule has 1 aromatic carbocycles. The Morgan fingerprint density at radius 3 is 2.50 bits per heavy atom. The molecule has 26 heavy (non-hydrogen) atoms. The van der Waals surface area contributed by atoms with Gasteiger partial charge in [0.25, 0.3) is 0 Å². The summed E-state index contributed by atoms with van der Waals surface area (Å²) in [6.07, 6.45) is 0. The van der Waals surface area contributed by atoms with Gasteiger partial charge in [0.05, 0.1) is 23.2 Å². The smallest absolute Gasteiger partial charge is 0.340 e. The van der Waals surface area contributed by atoms with Crippen molar-refractivity contribution in [3.8, 4) is 0 Å². The largest absolute Gasteiger partial charge is 0.454 e. The number of rotatable bonds is 7. The number of hydrogen-bond acceptors (Lipinski definition) is 4. The van der Waals surface area contributed by atoms with Gasteiger partial charge in [-0.1, -0.05) is 23.2 Å². The Labute approximate surface area is 162 Å². The number of aromatic nitrogens is 1. The molecule has 0 saturated heterocycles. The van der Waals surface area contributed by atoms with Crippen molar-refractivity contribution in [3.63, 3.8) is 0 Å². The van der Waals surface area contributed by atoms with Crippen LogP contribution in [-0.2, 0) is 9.47 Å². The molecule has 0 spiro atoms. The number of esters is 1. The molecule has 140 valence electrons. The Morgan fingerprint density at radius 2 is 1.85 bits per heavy atom. The fourth-order valence-electron chi connectivity index (χ4n) is 2.99. The lowest BCUT2D eigenvalue weighted by molar-refractivity contribution is 0.0474. The Kier molecular flexibility index (Phi) is 6.87. The number of hydrogen-bond donors (Lipinski definition) is 0. The maximum Gasteiger partial charge on any atom is 0.340 e. The van der Waals surface area contributed by atoms with Crippen LogP contribution in [0.15, 0.2) is 24.3 Å². The molecule has 0 aliphatic carbocycles. The summed E-state index contributed by atoms with van der Waals surface area (Å²) in [7, 11) is 1.64. The summed E-state index contributed by atoms with van der Waals surface area (Å²) in [4.78, 5) is 24.7. The first-order valence-corrected chi connectivity index (χ1v) is 8.84. The van der Waals surface area contributed by atoms with Crippen molar-refractivity contribution in [2.75, 3.05) is 20.3 Å². The maximum atomic E-state index is 12.5. The summed E-state index contributed by atoms with van der Waals surface area (Å²) in [5, 5.41) is 0.585. The van der Waals surface area contributed by atoms with Crippen LogP contribution < -0.4 is 0 Å². The summed E-state index contributed by atoms with van der Waals surface area (Å²) in [6, 6.07) is 6.38. The molecule has 0 fully saturated rings. The van der Waals surface area contributed by atoms with Crippen molar-refractivity contribution in [1.82, 2.24) is 4.57 Å². The number of halogens is 2. The van der Waals surface area contributed by atoms with Crippen LogP contribution in [0.2, 0.25) is 10.0 Å². The van der Waals surface area contributed by atoms with E-state index < -0.39 is 5.97 Å². The number of nitrogens with zero attached hydrogens (tertiary/aromatic N) is 1. The molecule has 0 aliphatic rings. The number of aryl methyl sites for hydroxylation is 1. The van der Waals surface area contributed by atoms with Crippen LogP contribution in [0, 0.1) is 13.8 Å². The van der Waals surface area contributed by atoms with E-state index in [1.807, 2.05) is 25.3 Å². The average molecular weight is 398 g/mol. The molecule has 5 nitrogen and oxygen atoms in total. The third kappa shape index (κ3) is 4.47. The van der Waals surface area contributed by atoms with Gasteiger partial charge in [-0.05, 0) is 45.0 Å². The van der Waals surface area contributed by atoms with Gasteiger partial charge < -0.3 is 14.0 Å². The summed E-state index contributed by atoms with van der Waals surface area (Å²) in [6.45, 7) is 5.96. The lowest BCUT2D eigenvalue weighted by Crippen LogP contribution is -2.17. The van der Waals surface area contributed by atoms with Gasteiger partial charge in [0, 0.05) is 29.1 Å². The summed E-state index contributed by atoms with van der Waals surface area (Å²) >= 11 is 11.8. The van der Waals surface area contributed by atoms with E-state index in [1.165, 1.54) is 12.1 Å². The van der Waals surface area contributed by atoms with Crippen LogP contribution in [-0.4, -0.2) is 36.6 Å². The molecule has 0 bridgehead atoms. The quantitative estimate of drug-likeness (QED) is 0.503. The van der Waals surface area contributed by atoms with Gasteiger partial charge in [0.1, 0.15) is 0 Å². The minimum atomic E-state index is -0.688. The first-order chi connectivity index (χ1) is 12.3. The van der Waals surface area contributed by atoms with Gasteiger partial charge in [-0.3, -0.25) is 4.79 Å². The van der Waals surface area contributed by atoms with E-state index in [1.54, 1.807) is 19.2 Å². The minimum absolute atomic E-state index is 0.0920. The molecule has 0 N–H and O–H groups in total. The second-order valence-corrected chi connectivity index (χ2v) is 6.93. The van der Waals surface area contributed by atoms with Crippen molar-refractivity contribution in [3.05, 3.63) is 56.8 Å². The number of methoxy groups -OCH3 is 1. The van der Waals surface area contributed by atoms with Crippen molar-refractivity contribution < 1.29 is 19.1 Å². The van der Waals surface area contributed by atoms with Crippen molar-refractivity contribution in [1.29, 1.82) is 0 Å². The molecule has 0 amide bonds. The van der Waals surface area contributed by atoms with E-state index in [2.05, 4.69) is 0 Å². The highest BCUT2D eigenvalue weighted by Crippen LogP contribution is 2.23. The number of carbonyl (C=O) groups excluding carboxylic acids is 2. The molecule has 2 aromatic rings. The van der Waals surface area contributed by atoms with E-state index in [9.17, 15) is 9.59 Å². The number of ether oxygens (including phenoxy) is 2. The van der Waals surface area contributed by atoms with E-state index in [-0.39, 0.29) is 29.0 Å². The lowest BCUT2D eigenvalue weighted by atomic mass is 10.1. The van der Waals surface area contributed by atoms with Crippen molar-refractivity contribution in [2.24, 2.45) is 0 Å². The van der Waals surface area contributed by atoms with Crippen LogP contribution in [0.25, 0.3) is 0 Å². The number of carbonyl (C=O) groups is 2. The van der Waals surface area contributed by atoms with E-state index in [0.717, 1.165) is 11.4 Å². The minimum Gasteiger partial charge on any atom is -0.454 e. The summed E-state index contributed by atoms with van der Waals surface area (Å²) < 4.78 is 12.3. The first kappa shape index (κ1) is 20.5. The Balaban J connectivity index is 2.12. The molecule has 1 atom stereocenters. The molecule has 7 heteroatoms. The third-order valence-electron chi connectivity index (χ3n) is 4.12. The SMILES string of the molecule is COCC(C)n1c(C)cc(C(=O)COC(=O)c2cc(Cl)ccc2Cl)c1C. The van der Waals surface area contributed by atoms with Gasteiger partial charge in [0.15, 0.2) is 6.61 Å². The topological polar surface area (TPSA) is 57.5 Å². The van der Waals surface area contributed by atoms with E-state index >= 15 is 0 Å². The number of benzene rings is 1. The predicted molar refractivity (Wildman–Crippen MR) is 102 cm³/mol. The molecule has 0 aliphatic heterocycles. The Hall–Kier alpha value is -1.82. The Bertz CT molecular complexity index is 829. The molecule has 1 unspecified atom stereocenters. The molecular weight excluding hydrogens is 377 g/mol. The molecule has 0 radical (unpaired) electrons. The summed E-state index contributed by atoms with van der Waals surface area (Å²) in [5.74, 6) is -0.965. The zero-order valence-corrected chi connectivity index (χ0v) is 16.6. The van der Waals surface area contributed by atoms with E-state index in [0.29, 0.717) is 17.2 Å². The highest BCUT2D eigenvalue weighted by Gasteiger charge is 2.21. The van der Waals surface area contributed by atoms with Crippen molar-refractivity contribution >= 4 is 35.0 Å². The molecule has 1 heterocycles. The monoisotopic (exact) mass is 397 g/mol. The predicted octanol–water partition coefficient (Wildman–Crippen LogP) is 4.66. The van der Waals surface area contributed by atoms with Crippen LogP contribution in [0.5, 0.6) is 0 Å². The Morgan fingerprint density at radius 1 is 1.15 bits per heavy atom. The molecule has 1 aromatic heterocycles. The molecule has 0 saturated carbocycles. The van der Waals surface area contributed by atoms with Gasteiger partial charge in [-0.2, -0.15) is 0 Å². The zero-order chi connectivity index (χ0) is 19.4. The first-order valence-electron chi connectivity index (χ1n) is 8.09. The lowest BCUT2D eigenvalue weighted by Gasteiger charge is -2.17. The highest BCUT2D eigenvalue weighted by atomic mass is 35.5. The van der Waals surface area contributed by atoms with Gasteiger partial charge in [-0.15, -0.1) is 0 Å². The average Bonchev–Trinajstić information content (AvgIpc) is 2.89. The molecule has 2 rings (SSSR count). The fraction of sp³-hybridized carbons (Fsp3) is 0.368. The fourth-order valence-corrected chi connectivity index (χ4v) is 3.36. The number of ketones is 1. The van der Waals surface area contributed by atoms with Crippen LogP contribution in [0.3, 0.4) is 0 Å². The highest BCUT2D eigenvalue weighted by molar-refractivity contribution is 6.35. The van der Waals surface area contributed by atoms with E-state index in [4.69, 9.17) is 32.7 Å². The summed E-state index contributed by atoms with van der Waals surface area (Å²) in [5.41, 5.74) is 2.41. The second-order valence-electron chi connectivity index (χ2n) is 6.08. The second kappa shape index (κ2) is 8.71.